The highest BCUT2D eigenvalue weighted by Crippen LogP contribution is 2.26. The van der Waals surface area contributed by atoms with Gasteiger partial charge in [0.05, 0.1) is 32.2 Å². The van der Waals surface area contributed by atoms with Crippen LogP contribution in [0.4, 0.5) is 5.69 Å². The molecule has 118 valence electrons. The van der Waals surface area contributed by atoms with Crippen molar-refractivity contribution < 1.29 is 9.47 Å². The Balaban J connectivity index is 1.68. The van der Waals surface area contributed by atoms with E-state index in [0.717, 1.165) is 43.2 Å². The van der Waals surface area contributed by atoms with Crippen LogP contribution in [0, 0.1) is 0 Å². The normalized spacial score (nSPS) is 15.1. The zero-order valence-electron chi connectivity index (χ0n) is 13.0. The molecule has 1 fully saturated rings. The minimum absolute atomic E-state index is 0.531. The number of hydrogen-bond acceptors (Lipinski definition) is 5. The van der Waals surface area contributed by atoms with Gasteiger partial charge in [-0.25, -0.2) is 9.97 Å². The number of anilines is 1. The van der Waals surface area contributed by atoms with E-state index in [9.17, 15) is 0 Å². The monoisotopic (exact) mass is 310 g/mol. The molecular weight excluding hydrogens is 292 g/mol. The maximum absolute atomic E-state index is 5.40. The van der Waals surface area contributed by atoms with E-state index in [-0.39, 0.29) is 0 Å². The van der Waals surface area contributed by atoms with Crippen LogP contribution in [0.15, 0.2) is 42.9 Å². The van der Waals surface area contributed by atoms with Gasteiger partial charge in [0.1, 0.15) is 0 Å². The van der Waals surface area contributed by atoms with Gasteiger partial charge in [0.25, 0.3) is 5.88 Å². The van der Waals surface area contributed by atoms with Gasteiger partial charge in [-0.05, 0) is 12.1 Å². The van der Waals surface area contributed by atoms with Crippen molar-refractivity contribution in [2.24, 2.45) is 0 Å². The summed E-state index contributed by atoms with van der Waals surface area (Å²) in [6.45, 7) is 3.47. The third-order valence-electron chi connectivity index (χ3n) is 4.13. The predicted molar refractivity (Wildman–Crippen MR) is 88.0 cm³/mol. The molecule has 1 aliphatic heterocycles. The van der Waals surface area contributed by atoms with Crippen LogP contribution in [0.25, 0.3) is 16.9 Å². The van der Waals surface area contributed by atoms with Crippen molar-refractivity contribution in [2.45, 2.75) is 0 Å². The third kappa shape index (κ3) is 2.51. The summed E-state index contributed by atoms with van der Waals surface area (Å²) in [6.07, 6.45) is 5.47. The fourth-order valence-electron chi connectivity index (χ4n) is 2.92. The van der Waals surface area contributed by atoms with Crippen molar-refractivity contribution in [2.75, 3.05) is 38.3 Å². The lowest BCUT2D eigenvalue weighted by molar-refractivity contribution is 0.122. The van der Waals surface area contributed by atoms with Crippen LogP contribution >= 0.6 is 0 Å². The number of fused-ring (bicyclic) bond motifs is 1. The topological polar surface area (TPSA) is 51.9 Å². The van der Waals surface area contributed by atoms with E-state index in [1.165, 1.54) is 5.69 Å². The molecular formula is C17H18N4O2. The number of rotatable bonds is 3. The van der Waals surface area contributed by atoms with E-state index >= 15 is 0 Å². The van der Waals surface area contributed by atoms with E-state index in [1.54, 1.807) is 13.3 Å². The second-order valence-electron chi connectivity index (χ2n) is 5.42. The van der Waals surface area contributed by atoms with Crippen LogP contribution in [0.5, 0.6) is 5.88 Å². The third-order valence-corrected chi connectivity index (χ3v) is 4.13. The van der Waals surface area contributed by atoms with Crippen LogP contribution in [-0.4, -0.2) is 47.8 Å². The Bertz CT molecular complexity index is 807. The van der Waals surface area contributed by atoms with E-state index in [1.807, 2.05) is 16.8 Å². The lowest BCUT2D eigenvalue weighted by Crippen LogP contribution is -2.36. The number of hydrogen-bond donors (Lipinski definition) is 0. The fraction of sp³-hybridized carbons (Fsp3) is 0.294. The Kier molecular flexibility index (Phi) is 3.59. The summed E-state index contributed by atoms with van der Waals surface area (Å²) < 4.78 is 12.7. The minimum atomic E-state index is 0.531. The van der Waals surface area contributed by atoms with Crippen LogP contribution in [0.1, 0.15) is 0 Å². The molecule has 3 heterocycles. The van der Waals surface area contributed by atoms with E-state index < -0.39 is 0 Å². The van der Waals surface area contributed by atoms with Gasteiger partial charge in [0, 0.05) is 36.7 Å². The summed E-state index contributed by atoms with van der Waals surface area (Å²) in [5, 5.41) is 0. The summed E-state index contributed by atoms with van der Waals surface area (Å²) in [6, 6.07) is 8.55. The number of imidazole rings is 1. The lowest BCUT2D eigenvalue weighted by atomic mass is 10.1. The Morgan fingerprint density at radius 3 is 2.61 bits per heavy atom. The first-order valence-corrected chi connectivity index (χ1v) is 7.66. The molecule has 1 saturated heterocycles. The summed E-state index contributed by atoms with van der Waals surface area (Å²) in [5.74, 6) is 0.531. The minimum Gasteiger partial charge on any atom is -0.478 e. The average Bonchev–Trinajstić information content (AvgIpc) is 3.07. The second kappa shape index (κ2) is 5.89. The molecule has 0 bridgehead atoms. The second-order valence-corrected chi connectivity index (χ2v) is 5.42. The van der Waals surface area contributed by atoms with Crippen LogP contribution in [0.3, 0.4) is 0 Å². The van der Waals surface area contributed by atoms with Gasteiger partial charge in [-0.2, -0.15) is 0 Å². The molecule has 6 heteroatoms. The highest BCUT2D eigenvalue weighted by atomic mass is 16.5. The summed E-state index contributed by atoms with van der Waals surface area (Å²) in [5.41, 5.74) is 4.09. The Labute approximate surface area is 134 Å². The zero-order chi connectivity index (χ0) is 15.6. The SMILES string of the molecule is COc1nccn2c(-c3ccc(N4CCOCC4)cc3)cnc12. The molecule has 0 unspecified atom stereocenters. The van der Waals surface area contributed by atoms with Crippen LogP contribution < -0.4 is 9.64 Å². The van der Waals surface area contributed by atoms with E-state index in [0.29, 0.717) is 5.88 Å². The van der Waals surface area contributed by atoms with Crippen molar-refractivity contribution in [1.82, 2.24) is 14.4 Å². The first-order valence-electron chi connectivity index (χ1n) is 7.66. The van der Waals surface area contributed by atoms with Gasteiger partial charge in [0.15, 0.2) is 0 Å². The summed E-state index contributed by atoms with van der Waals surface area (Å²) in [7, 11) is 1.60. The molecule has 1 aromatic carbocycles. The van der Waals surface area contributed by atoms with Crippen molar-refractivity contribution in [3.8, 4) is 17.1 Å². The molecule has 6 nitrogen and oxygen atoms in total. The maximum atomic E-state index is 5.40. The van der Waals surface area contributed by atoms with Crippen molar-refractivity contribution >= 4 is 11.3 Å². The molecule has 0 atom stereocenters. The molecule has 1 aliphatic rings. The van der Waals surface area contributed by atoms with Gasteiger partial charge in [0.2, 0.25) is 5.65 Å². The molecule has 2 aromatic heterocycles. The van der Waals surface area contributed by atoms with Crippen LogP contribution in [-0.2, 0) is 4.74 Å². The largest absolute Gasteiger partial charge is 0.478 e. The van der Waals surface area contributed by atoms with Crippen molar-refractivity contribution in [3.05, 3.63) is 42.9 Å². The molecule has 0 N–H and O–H groups in total. The number of methoxy groups -OCH3 is 1. The predicted octanol–water partition coefficient (Wildman–Crippen LogP) is 2.24. The fourth-order valence-corrected chi connectivity index (χ4v) is 2.92. The first-order chi connectivity index (χ1) is 11.4. The highest BCUT2D eigenvalue weighted by molar-refractivity contribution is 5.67. The maximum Gasteiger partial charge on any atom is 0.258 e. The molecule has 0 saturated carbocycles. The molecule has 0 aliphatic carbocycles. The first kappa shape index (κ1) is 14.0. The standard InChI is InChI=1S/C17H18N4O2/c1-22-17-16-19-12-15(21(16)7-6-18-17)13-2-4-14(5-3-13)20-8-10-23-11-9-20/h2-7,12H,8-11H2,1H3. The lowest BCUT2D eigenvalue weighted by Gasteiger charge is -2.28. The van der Waals surface area contributed by atoms with Gasteiger partial charge < -0.3 is 14.4 Å². The number of aromatic nitrogens is 3. The van der Waals surface area contributed by atoms with Crippen LogP contribution in [0.2, 0.25) is 0 Å². The summed E-state index contributed by atoms with van der Waals surface area (Å²) in [4.78, 5) is 11.0. The molecule has 4 rings (SSSR count). The van der Waals surface area contributed by atoms with Crippen molar-refractivity contribution in [1.29, 1.82) is 0 Å². The molecule has 3 aromatic rings. The van der Waals surface area contributed by atoms with Crippen molar-refractivity contribution in [3.63, 3.8) is 0 Å². The van der Waals surface area contributed by atoms with Gasteiger partial charge in [-0.3, -0.25) is 4.40 Å². The molecule has 0 spiro atoms. The molecule has 0 amide bonds. The Hall–Kier alpha value is -2.60. The zero-order valence-corrected chi connectivity index (χ0v) is 13.0. The van der Waals surface area contributed by atoms with E-state index in [4.69, 9.17) is 9.47 Å². The average molecular weight is 310 g/mol. The van der Waals surface area contributed by atoms with Gasteiger partial charge in [-0.1, -0.05) is 12.1 Å². The number of nitrogens with zero attached hydrogens (tertiary/aromatic N) is 4. The Morgan fingerprint density at radius 2 is 1.87 bits per heavy atom. The smallest absolute Gasteiger partial charge is 0.258 e. The molecule has 0 radical (unpaired) electrons. The quantitative estimate of drug-likeness (QED) is 0.742. The Morgan fingerprint density at radius 1 is 1.09 bits per heavy atom. The number of morpholine rings is 1. The number of ether oxygens (including phenoxy) is 2. The van der Waals surface area contributed by atoms with Gasteiger partial charge in [-0.15, -0.1) is 0 Å². The van der Waals surface area contributed by atoms with Gasteiger partial charge >= 0.3 is 0 Å². The summed E-state index contributed by atoms with van der Waals surface area (Å²) >= 11 is 0. The number of benzene rings is 1. The van der Waals surface area contributed by atoms with E-state index in [2.05, 4.69) is 39.1 Å². The highest BCUT2D eigenvalue weighted by Gasteiger charge is 2.13. The molecule has 23 heavy (non-hydrogen) atoms.